The third-order valence-electron chi connectivity index (χ3n) is 4.54. The van der Waals surface area contributed by atoms with Gasteiger partial charge in [-0.25, -0.2) is 4.39 Å². The van der Waals surface area contributed by atoms with Crippen LogP contribution in [0.1, 0.15) is 56.2 Å². The van der Waals surface area contributed by atoms with Crippen molar-refractivity contribution in [2.45, 2.75) is 52.0 Å². The Morgan fingerprint density at radius 1 is 1.28 bits per heavy atom. The van der Waals surface area contributed by atoms with Gasteiger partial charge in [0.1, 0.15) is 5.82 Å². The number of aryl methyl sites for hydroxylation is 1. The van der Waals surface area contributed by atoms with Crippen LogP contribution in [0.15, 0.2) is 18.2 Å². The Hall–Kier alpha value is -0.890. The molecular weight excluding hydrogens is 225 g/mol. The normalized spacial score (nSPS) is 26.0. The summed E-state index contributed by atoms with van der Waals surface area (Å²) >= 11 is 0. The van der Waals surface area contributed by atoms with E-state index in [1.165, 1.54) is 32.1 Å². The first-order valence-corrected chi connectivity index (χ1v) is 7.13. The monoisotopic (exact) mass is 249 g/mol. The molecule has 0 radical (unpaired) electrons. The smallest absolute Gasteiger partial charge is 0.126 e. The molecule has 1 aromatic rings. The quantitative estimate of drug-likeness (QED) is 0.846. The molecule has 0 saturated heterocycles. The summed E-state index contributed by atoms with van der Waals surface area (Å²) in [5.74, 6) is 1.32. The van der Waals surface area contributed by atoms with Crippen LogP contribution >= 0.6 is 0 Å². The minimum absolute atomic E-state index is 0.0714. The molecule has 1 unspecified atom stereocenters. The number of halogens is 1. The molecule has 0 heterocycles. The van der Waals surface area contributed by atoms with Crippen LogP contribution in [0.2, 0.25) is 0 Å². The molecule has 0 amide bonds. The second-order valence-electron chi connectivity index (χ2n) is 5.72. The van der Waals surface area contributed by atoms with Gasteiger partial charge in [0, 0.05) is 6.04 Å². The first kappa shape index (κ1) is 13.5. The second kappa shape index (κ2) is 5.83. The maximum Gasteiger partial charge on any atom is 0.126 e. The van der Waals surface area contributed by atoms with Crippen molar-refractivity contribution >= 4 is 0 Å². The summed E-state index contributed by atoms with van der Waals surface area (Å²) in [7, 11) is 0. The highest BCUT2D eigenvalue weighted by Crippen LogP contribution is 2.36. The molecule has 0 aromatic heterocycles. The second-order valence-corrected chi connectivity index (χ2v) is 5.72. The fourth-order valence-electron chi connectivity index (χ4n) is 3.10. The minimum Gasteiger partial charge on any atom is -0.324 e. The van der Waals surface area contributed by atoms with Gasteiger partial charge in [0.05, 0.1) is 0 Å². The molecule has 1 aromatic carbocycles. The van der Waals surface area contributed by atoms with Gasteiger partial charge in [0.25, 0.3) is 0 Å². The van der Waals surface area contributed by atoms with E-state index in [2.05, 4.69) is 6.92 Å². The Morgan fingerprint density at radius 3 is 2.50 bits per heavy atom. The van der Waals surface area contributed by atoms with Gasteiger partial charge < -0.3 is 5.73 Å². The van der Waals surface area contributed by atoms with E-state index in [-0.39, 0.29) is 11.9 Å². The maximum atomic E-state index is 13.3. The fourth-order valence-corrected chi connectivity index (χ4v) is 3.10. The molecule has 1 fully saturated rings. The summed E-state index contributed by atoms with van der Waals surface area (Å²) in [6.07, 6.45) is 6.33. The summed E-state index contributed by atoms with van der Waals surface area (Å²) in [5, 5.41) is 0. The Bertz CT molecular complexity index is 394. The van der Waals surface area contributed by atoms with Crippen molar-refractivity contribution in [3.8, 4) is 0 Å². The van der Waals surface area contributed by atoms with Crippen molar-refractivity contribution in [3.05, 3.63) is 35.1 Å². The first-order valence-electron chi connectivity index (χ1n) is 7.13. The molecule has 0 spiro atoms. The van der Waals surface area contributed by atoms with Crippen LogP contribution in [-0.2, 0) is 0 Å². The lowest BCUT2D eigenvalue weighted by Crippen LogP contribution is -2.26. The number of rotatable bonds is 3. The van der Waals surface area contributed by atoms with Gasteiger partial charge in [-0.1, -0.05) is 38.3 Å². The largest absolute Gasteiger partial charge is 0.324 e. The molecule has 1 aliphatic rings. The predicted molar refractivity (Wildman–Crippen MR) is 73.8 cm³/mol. The Labute approximate surface area is 110 Å². The van der Waals surface area contributed by atoms with E-state index in [4.69, 9.17) is 5.73 Å². The maximum absolute atomic E-state index is 13.3. The van der Waals surface area contributed by atoms with E-state index in [0.717, 1.165) is 11.5 Å². The Balaban J connectivity index is 2.03. The molecule has 100 valence electrons. The van der Waals surface area contributed by atoms with Crippen molar-refractivity contribution in [2.24, 2.45) is 17.6 Å². The zero-order chi connectivity index (χ0) is 13.1. The molecule has 0 bridgehead atoms. The third kappa shape index (κ3) is 2.92. The van der Waals surface area contributed by atoms with E-state index in [1.807, 2.05) is 12.1 Å². The SMILES string of the molecule is CCC1CCC(C(N)c2ccc(F)c(C)c2)CC1. The van der Waals surface area contributed by atoms with Gasteiger partial charge in [-0.3, -0.25) is 0 Å². The summed E-state index contributed by atoms with van der Waals surface area (Å²) in [6.45, 7) is 4.08. The van der Waals surface area contributed by atoms with Gasteiger partial charge in [-0.05, 0) is 48.8 Å². The molecule has 2 N–H and O–H groups in total. The Kier molecular flexibility index (Phi) is 4.39. The zero-order valence-electron chi connectivity index (χ0n) is 11.5. The van der Waals surface area contributed by atoms with Gasteiger partial charge in [-0.2, -0.15) is 0 Å². The first-order chi connectivity index (χ1) is 8.61. The molecule has 2 rings (SSSR count). The van der Waals surface area contributed by atoms with Crippen molar-refractivity contribution in [1.29, 1.82) is 0 Å². The highest BCUT2D eigenvalue weighted by molar-refractivity contribution is 5.26. The van der Waals surface area contributed by atoms with Crippen LogP contribution in [-0.4, -0.2) is 0 Å². The number of benzene rings is 1. The minimum atomic E-state index is -0.138. The molecular formula is C16H24FN. The van der Waals surface area contributed by atoms with Gasteiger partial charge in [-0.15, -0.1) is 0 Å². The van der Waals surface area contributed by atoms with Crippen molar-refractivity contribution < 1.29 is 4.39 Å². The summed E-state index contributed by atoms with van der Waals surface area (Å²) in [4.78, 5) is 0. The molecule has 0 aliphatic heterocycles. The fraction of sp³-hybridized carbons (Fsp3) is 0.625. The molecule has 1 nitrogen and oxygen atoms in total. The topological polar surface area (TPSA) is 26.0 Å². The van der Waals surface area contributed by atoms with Crippen LogP contribution in [0.4, 0.5) is 4.39 Å². The molecule has 1 aliphatic carbocycles. The number of hydrogen-bond acceptors (Lipinski definition) is 1. The van der Waals surface area contributed by atoms with E-state index in [1.54, 1.807) is 13.0 Å². The molecule has 1 saturated carbocycles. The van der Waals surface area contributed by atoms with Crippen molar-refractivity contribution in [3.63, 3.8) is 0 Å². The summed E-state index contributed by atoms with van der Waals surface area (Å²) < 4.78 is 13.3. The summed E-state index contributed by atoms with van der Waals surface area (Å²) in [5.41, 5.74) is 8.14. The molecule has 2 heteroatoms. The van der Waals surface area contributed by atoms with Crippen molar-refractivity contribution in [1.82, 2.24) is 0 Å². The van der Waals surface area contributed by atoms with Crippen LogP contribution < -0.4 is 5.73 Å². The highest BCUT2D eigenvalue weighted by atomic mass is 19.1. The Morgan fingerprint density at radius 2 is 1.94 bits per heavy atom. The van der Waals surface area contributed by atoms with Crippen LogP contribution in [0.25, 0.3) is 0 Å². The lowest BCUT2D eigenvalue weighted by molar-refractivity contribution is 0.240. The van der Waals surface area contributed by atoms with Gasteiger partial charge in [0.15, 0.2) is 0 Å². The summed E-state index contributed by atoms with van der Waals surface area (Å²) in [6, 6.07) is 5.37. The van der Waals surface area contributed by atoms with E-state index in [0.29, 0.717) is 11.5 Å². The van der Waals surface area contributed by atoms with Crippen LogP contribution in [0, 0.1) is 24.6 Å². The van der Waals surface area contributed by atoms with Crippen molar-refractivity contribution in [2.75, 3.05) is 0 Å². The van der Waals surface area contributed by atoms with Gasteiger partial charge in [0.2, 0.25) is 0 Å². The van der Waals surface area contributed by atoms with E-state index in [9.17, 15) is 4.39 Å². The number of hydrogen-bond donors (Lipinski definition) is 1. The lowest BCUT2D eigenvalue weighted by atomic mass is 9.76. The third-order valence-corrected chi connectivity index (χ3v) is 4.54. The standard InChI is InChI=1S/C16H24FN/c1-3-12-4-6-13(7-5-12)16(18)14-8-9-15(17)11(2)10-14/h8-10,12-13,16H,3-7,18H2,1-2H3. The van der Waals surface area contributed by atoms with E-state index >= 15 is 0 Å². The average Bonchev–Trinajstić information content (AvgIpc) is 2.41. The average molecular weight is 249 g/mol. The van der Waals surface area contributed by atoms with Gasteiger partial charge >= 0.3 is 0 Å². The number of nitrogens with two attached hydrogens (primary N) is 1. The molecule has 18 heavy (non-hydrogen) atoms. The zero-order valence-corrected chi connectivity index (χ0v) is 11.5. The van der Waals surface area contributed by atoms with Crippen LogP contribution in [0.5, 0.6) is 0 Å². The van der Waals surface area contributed by atoms with E-state index < -0.39 is 0 Å². The molecule has 1 atom stereocenters. The highest BCUT2D eigenvalue weighted by Gasteiger charge is 2.25. The predicted octanol–water partition coefficient (Wildman–Crippen LogP) is 4.35. The lowest BCUT2D eigenvalue weighted by Gasteiger charge is -2.32. The van der Waals surface area contributed by atoms with Crippen LogP contribution in [0.3, 0.4) is 0 Å².